The van der Waals surface area contributed by atoms with Crippen LogP contribution in [-0.4, -0.2) is 55.4 Å². The molecule has 7 heteroatoms. The van der Waals surface area contributed by atoms with E-state index < -0.39 is 18.0 Å². The normalized spacial score (nSPS) is 13.8. The lowest BCUT2D eigenvalue weighted by molar-refractivity contribution is -0.140. The smallest absolute Gasteiger partial charge is 0.328 e. The lowest BCUT2D eigenvalue weighted by Crippen LogP contribution is -2.49. The van der Waals surface area contributed by atoms with Gasteiger partial charge in [-0.1, -0.05) is 6.92 Å². The Morgan fingerprint density at radius 3 is 2.59 bits per heavy atom. The van der Waals surface area contributed by atoms with Gasteiger partial charge in [-0.15, -0.1) is 0 Å². The van der Waals surface area contributed by atoms with E-state index >= 15 is 0 Å². The molecule has 0 radical (unpaired) electrons. The molecule has 0 bridgehead atoms. The highest BCUT2D eigenvalue weighted by Crippen LogP contribution is 2.02. The maximum absolute atomic E-state index is 11.4. The Balaban J connectivity index is 3.93. The summed E-state index contributed by atoms with van der Waals surface area (Å²) in [5, 5.41) is 13.8. The van der Waals surface area contributed by atoms with Crippen LogP contribution in [-0.2, 0) is 9.53 Å². The SMILES string of the molecule is COCC(NC(=O)NCC(C)CSC)C(=O)O. The molecule has 2 atom stereocenters. The van der Waals surface area contributed by atoms with Gasteiger partial charge < -0.3 is 20.5 Å². The predicted molar refractivity (Wildman–Crippen MR) is 67.4 cm³/mol. The monoisotopic (exact) mass is 264 g/mol. The van der Waals surface area contributed by atoms with E-state index in [0.29, 0.717) is 12.5 Å². The van der Waals surface area contributed by atoms with Crippen LogP contribution in [0.4, 0.5) is 4.79 Å². The molecule has 0 aromatic heterocycles. The molecule has 0 spiro atoms. The van der Waals surface area contributed by atoms with Crippen molar-refractivity contribution in [3.8, 4) is 0 Å². The fraction of sp³-hybridized carbons (Fsp3) is 0.800. The summed E-state index contributed by atoms with van der Waals surface area (Å²) in [5.74, 6) is 0.182. The molecule has 0 fully saturated rings. The minimum atomic E-state index is -1.11. The molecule has 17 heavy (non-hydrogen) atoms. The standard InChI is InChI=1S/C10H20N2O4S/c1-7(6-17-3)4-11-10(15)12-8(5-16-2)9(13)14/h7-8H,4-6H2,1-3H3,(H,13,14)(H2,11,12,15). The molecule has 6 nitrogen and oxygen atoms in total. The zero-order chi connectivity index (χ0) is 13.3. The maximum atomic E-state index is 11.4. The summed E-state index contributed by atoms with van der Waals surface area (Å²) in [4.78, 5) is 22.1. The van der Waals surface area contributed by atoms with Crippen LogP contribution in [0.1, 0.15) is 6.92 Å². The average Bonchev–Trinajstić information content (AvgIpc) is 2.26. The van der Waals surface area contributed by atoms with Gasteiger partial charge in [0.1, 0.15) is 0 Å². The molecule has 0 aliphatic heterocycles. The molecular formula is C10H20N2O4S. The van der Waals surface area contributed by atoms with E-state index in [-0.39, 0.29) is 6.61 Å². The molecule has 100 valence electrons. The second-order valence-corrected chi connectivity index (χ2v) is 4.67. The molecule has 2 amide bonds. The number of amides is 2. The molecular weight excluding hydrogens is 244 g/mol. The number of carbonyl (C=O) groups excluding carboxylic acids is 1. The lowest BCUT2D eigenvalue weighted by Gasteiger charge is -2.16. The number of carbonyl (C=O) groups is 2. The summed E-state index contributed by atoms with van der Waals surface area (Å²) in [7, 11) is 1.38. The van der Waals surface area contributed by atoms with Crippen molar-refractivity contribution in [3.63, 3.8) is 0 Å². The maximum Gasteiger partial charge on any atom is 0.328 e. The Kier molecular flexibility index (Phi) is 8.61. The number of carboxylic acid groups (broad SMARTS) is 1. The Bertz CT molecular complexity index is 250. The third-order valence-corrected chi connectivity index (χ3v) is 2.90. The minimum Gasteiger partial charge on any atom is -0.480 e. The Hall–Kier alpha value is -0.950. The quantitative estimate of drug-likeness (QED) is 0.590. The van der Waals surface area contributed by atoms with Crippen LogP contribution in [0.25, 0.3) is 0 Å². The Morgan fingerprint density at radius 2 is 2.12 bits per heavy atom. The van der Waals surface area contributed by atoms with E-state index in [1.165, 1.54) is 7.11 Å². The zero-order valence-corrected chi connectivity index (χ0v) is 11.2. The minimum absolute atomic E-state index is 0.0525. The molecule has 0 heterocycles. The zero-order valence-electron chi connectivity index (χ0n) is 10.4. The van der Waals surface area contributed by atoms with Gasteiger partial charge in [-0.05, 0) is 17.9 Å². The van der Waals surface area contributed by atoms with Gasteiger partial charge in [0, 0.05) is 13.7 Å². The highest BCUT2D eigenvalue weighted by atomic mass is 32.2. The first-order chi connectivity index (χ1) is 8.01. The predicted octanol–water partition coefficient (Wildman–Crippen LogP) is 0.384. The largest absolute Gasteiger partial charge is 0.480 e. The van der Waals surface area contributed by atoms with Crippen molar-refractivity contribution in [2.24, 2.45) is 5.92 Å². The van der Waals surface area contributed by atoms with Gasteiger partial charge in [-0.25, -0.2) is 9.59 Å². The first kappa shape index (κ1) is 16.1. The van der Waals surface area contributed by atoms with Gasteiger partial charge >= 0.3 is 12.0 Å². The van der Waals surface area contributed by atoms with Crippen LogP contribution < -0.4 is 10.6 Å². The summed E-state index contributed by atoms with van der Waals surface area (Å²) in [6.45, 7) is 2.48. The number of carboxylic acids is 1. The second kappa shape index (κ2) is 9.12. The van der Waals surface area contributed by atoms with Crippen LogP contribution in [0.5, 0.6) is 0 Å². The van der Waals surface area contributed by atoms with Crippen molar-refractivity contribution in [2.75, 3.05) is 32.3 Å². The van der Waals surface area contributed by atoms with Crippen molar-refractivity contribution in [1.29, 1.82) is 0 Å². The van der Waals surface area contributed by atoms with Crippen LogP contribution >= 0.6 is 11.8 Å². The average molecular weight is 264 g/mol. The van der Waals surface area contributed by atoms with Crippen molar-refractivity contribution < 1.29 is 19.4 Å². The van der Waals surface area contributed by atoms with Crippen molar-refractivity contribution in [1.82, 2.24) is 10.6 Å². The number of hydrogen-bond acceptors (Lipinski definition) is 4. The van der Waals surface area contributed by atoms with Crippen LogP contribution in [0.3, 0.4) is 0 Å². The number of urea groups is 1. The van der Waals surface area contributed by atoms with E-state index in [0.717, 1.165) is 5.75 Å². The fourth-order valence-corrected chi connectivity index (χ4v) is 1.85. The number of ether oxygens (including phenoxy) is 1. The molecule has 3 N–H and O–H groups in total. The van der Waals surface area contributed by atoms with Gasteiger partial charge in [-0.3, -0.25) is 0 Å². The van der Waals surface area contributed by atoms with Crippen LogP contribution in [0.15, 0.2) is 0 Å². The first-order valence-corrected chi connectivity index (χ1v) is 6.65. The summed E-state index contributed by atoms with van der Waals surface area (Å²) >= 11 is 1.70. The summed E-state index contributed by atoms with van der Waals surface area (Å²) in [6, 6.07) is -1.50. The van der Waals surface area contributed by atoms with Crippen molar-refractivity contribution in [3.05, 3.63) is 0 Å². The van der Waals surface area contributed by atoms with E-state index in [4.69, 9.17) is 9.84 Å². The number of methoxy groups -OCH3 is 1. The molecule has 2 unspecified atom stereocenters. The van der Waals surface area contributed by atoms with Gasteiger partial charge in [0.25, 0.3) is 0 Å². The topological polar surface area (TPSA) is 87.7 Å². The van der Waals surface area contributed by atoms with E-state index in [2.05, 4.69) is 10.6 Å². The van der Waals surface area contributed by atoms with Crippen molar-refractivity contribution >= 4 is 23.8 Å². The summed E-state index contributed by atoms with van der Waals surface area (Å²) < 4.78 is 4.70. The van der Waals surface area contributed by atoms with E-state index in [9.17, 15) is 9.59 Å². The molecule has 0 rings (SSSR count). The van der Waals surface area contributed by atoms with E-state index in [1.807, 2.05) is 13.2 Å². The molecule has 0 aromatic carbocycles. The third kappa shape index (κ3) is 7.87. The molecule has 0 aromatic rings. The van der Waals surface area contributed by atoms with Gasteiger partial charge in [0.2, 0.25) is 0 Å². The molecule has 0 aliphatic rings. The van der Waals surface area contributed by atoms with Gasteiger partial charge in [0.05, 0.1) is 6.61 Å². The molecule has 0 saturated heterocycles. The van der Waals surface area contributed by atoms with Gasteiger partial charge in [0.15, 0.2) is 6.04 Å². The molecule has 0 saturated carbocycles. The lowest BCUT2D eigenvalue weighted by atomic mass is 10.2. The van der Waals surface area contributed by atoms with Gasteiger partial charge in [-0.2, -0.15) is 11.8 Å². The Labute approximate surface area is 105 Å². The number of rotatable bonds is 8. The second-order valence-electron chi connectivity index (χ2n) is 3.76. The van der Waals surface area contributed by atoms with E-state index in [1.54, 1.807) is 11.8 Å². The highest BCUT2D eigenvalue weighted by Gasteiger charge is 2.19. The summed E-state index contributed by atoms with van der Waals surface area (Å²) in [5.41, 5.74) is 0. The number of aliphatic carboxylic acids is 1. The first-order valence-electron chi connectivity index (χ1n) is 5.26. The Morgan fingerprint density at radius 1 is 1.47 bits per heavy atom. The number of thioether (sulfide) groups is 1. The van der Waals surface area contributed by atoms with Crippen LogP contribution in [0.2, 0.25) is 0 Å². The number of nitrogens with one attached hydrogen (secondary N) is 2. The number of hydrogen-bond donors (Lipinski definition) is 3. The van der Waals surface area contributed by atoms with Crippen LogP contribution in [0, 0.1) is 5.92 Å². The summed E-state index contributed by atoms with van der Waals surface area (Å²) in [6.07, 6.45) is 2.00. The third-order valence-electron chi connectivity index (χ3n) is 2.00. The molecule has 0 aliphatic carbocycles. The van der Waals surface area contributed by atoms with Crippen molar-refractivity contribution in [2.45, 2.75) is 13.0 Å². The highest BCUT2D eigenvalue weighted by molar-refractivity contribution is 7.98. The fourth-order valence-electron chi connectivity index (χ4n) is 1.16.